The van der Waals surface area contributed by atoms with Gasteiger partial charge in [-0.3, -0.25) is 0 Å². The van der Waals surface area contributed by atoms with E-state index in [9.17, 15) is 0 Å². The molecule has 0 unspecified atom stereocenters. The number of nitrogen functional groups attached to an aromatic ring is 1. The first kappa shape index (κ1) is 13.2. The fourth-order valence-electron chi connectivity index (χ4n) is 1.77. The molecule has 0 aliphatic carbocycles. The molecule has 4 nitrogen and oxygen atoms in total. The zero-order chi connectivity index (χ0) is 13.3. The molecule has 6 heteroatoms. The smallest absolute Gasteiger partial charge is 0.160 e. The highest BCUT2D eigenvalue weighted by Gasteiger charge is 2.14. The molecule has 1 heterocycles. The van der Waals surface area contributed by atoms with Crippen LogP contribution in [0.5, 0.6) is 0 Å². The molecule has 0 aliphatic rings. The monoisotopic (exact) mass is 284 g/mol. The minimum Gasteiger partial charge on any atom is -0.397 e. The van der Waals surface area contributed by atoms with Crippen LogP contribution in [0.4, 0.5) is 5.69 Å². The molecule has 0 bridgehead atoms. The molecule has 2 rings (SSSR count). The van der Waals surface area contributed by atoms with Crippen molar-refractivity contribution in [1.82, 2.24) is 14.8 Å². The predicted molar refractivity (Wildman–Crippen MR) is 74.9 cm³/mol. The second-order valence-corrected chi connectivity index (χ2v) is 4.92. The molecule has 96 valence electrons. The second kappa shape index (κ2) is 5.16. The molecule has 0 fully saturated rings. The molecule has 1 aromatic carbocycles. The summed E-state index contributed by atoms with van der Waals surface area (Å²) in [6.07, 6.45) is 1.83. The molecular formula is C12H14Cl2N4. The number of nitrogens with two attached hydrogens (primary N) is 1. The van der Waals surface area contributed by atoms with E-state index in [1.165, 1.54) is 0 Å². The van der Waals surface area contributed by atoms with Crippen LogP contribution in [-0.2, 0) is 13.5 Å². The Balaban J connectivity index is 2.54. The molecule has 1 aromatic heterocycles. The number of aryl methyl sites for hydroxylation is 2. The highest BCUT2D eigenvalue weighted by molar-refractivity contribution is 6.37. The van der Waals surface area contributed by atoms with Gasteiger partial charge in [0.15, 0.2) is 11.6 Å². The number of hydrogen-bond donors (Lipinski definition) is 1. The first-order valence-electron chi connectivity index (χ1n) is 5.67. The Morgan fingerprint density at radius 1 is 1.33 bits per heavy atom. The van der Waals surface area contributed by atoms with E-state index < -0.39 is 0 Å². The van der Waals surface area contributed by atoms with Crippen molar-refractivity contribution < 1.29 is 0 Å². The SMILES string of the molecule is CCCc1nc(-c2cc(Cl)cc(Cl)c2N)n(C)n1. The summed E-state index contributed by atoms with van der Waals surface area (Å²) in [5.41, 5.74) is 7.15. The minimum absolute atomic E-state index is 0.428. The van der Waals surface area contributed by atoms with Crippen molar-refractivity contribution in [1.29, 1.82) is 0 Å². The number of halogens is 2. The van der Waals surface area contributed by atoms with Gasteiger partial charge in [0.1, 0.15) is 0 Å². The average molecular weight is 285 g/mol. The standard InChI is InChI=1S/C12H14Cl2N4/c1-3-4-10-16-12(18(2)17-10)8-5-7(13)6-9(14)11(8)15/h5-6H,3-4,15H2,1-2H3. The third-order valence-corrected chi connectivity index (χ3v) is 3.15. The lowest BCUT2D eigenvalue weighted by atomic mass is 10.1. The Hall–Kier alpha value is -1.26. The average Bonchev–Trinajstić information content (AvgIpc) is 2.65. The molecule has 2 aromatic rings. The van der Waals surface area contributed by atoms with Gasteiger partial charge in [0.05, 0.1) is 10.7 Å². The van der Waals surface area contributed by atoms with Gasteiger partial charge in [-0.2, -0.15) is 5.10 Å². The molecule has 0 saturated heterocycles. The van der Waals surface area contributed by atoms with E-state index in [1.807, 2.05) is 7.05 Å². The van der Waals surface area contributed by atoms with Crippen molar-refractivity contribution in [2.45, 2.75) is 19.8 Å². The summed E-state index contributed by atoms with van der Waals surface area (Å²) < 4.78 is 1.70. The lowest BCUT2D eigenvalue weighted by Crippen LogP contribution is -1.99. The van der Waals surface area contributed by atoms with Gasteiger partial charge in [-0.25, -0.2) is 9.67 Å². The molecule has 2 N–H and O–H groups in total. The Labute approximate surface area is 116 Å². The predicted octanol–water partition coefficient (Wildman–Crippen LogP) is 3.32. The van der Waals surface area contributed by atoms with E-state index >= 15 is 0 Å². The number of benzene rings is 1. The van der Waals surface area contributed by atoms with Crippen LogP contribution >= 0.6 is 23.2 Å². The molecule has 0 amide bonds. The van der Waals surface area contributed by atoms with Gasteiger partial charge in [0, 0.05) is 24.1 Å². The van der Waals surface area contributed by atoms with Gasteiger partial charge in [-0.05, 0) is 18.6 Å². The Bertz CT molecular complexity index is 578. The number of rotatable bonds is 3. The van der Waals surface area contributed by atoms with E-state index in [0.29, 0.717) is 27.1 Å². The first-order valence-corrected chi connectivity index (χ1v) is 6.43. The largest absolute Gasteiger partial charge is 0.397 e. The van der Waals surface area contributed by atoms with Gasteiger partial charge in [-0.1, -0.05) is 30.1 Å². The topological polar surface area (TPSA) is 56.7 Å². The quantitative estimate of drug-likeness (QED) is 0.880. The van der Waals surface area contributed by atoms with Crippen molar-refractivity contribution in [3.8, 4) is 11.4 Å². The third-order valence-electron chi connectivity index (χ3n) is 2.62. The van der Waals surface area contributed by atoms with Gasteiger partial charge >= 0.3 is 0 Å². The van der Waals surface area contributed by atoms with Gasteiger partial charge in [-0.15, -0.1) is 0 Å². The van der Waals surface area contributed by atoms with Gasteiger partial charge in [0.25, 0.3) is 0 Å². The van der Waals surface area contributed by atoms with Gasteiger partial charge < -0.3 is 5.73 Å². The van der Waals surface area contributed by atoms with E-state index in [2.05, 4.69) is 17.0 Å². The van der Waals surface area contributed by atoms with Crippen LogP contribution in [-0.4, -0.2) is 14.8 Å². The van der Waals surface area contributed by atoms with Crippen LogP contribution in [0.1, 0.15) is 19.2 Å². The number of anilines is 1. The van der Waals surface area contributed by atoms with Crippen LogP contribution in [0.3, 0.4) is 0 Å². The molecule has 0 radical (unpaired) electrons. The Morgan fingerprint density at radius 2 is 2.06 bits per heavy atom. The summed E-state index contributed by atoms with van der Waals surface area (Å²) in [6, 6.07) is 3.37. The van der Waals surface area contributed by atoms with Gasteiger partial charge in [0.2, 0.25) is 0 Å². The summed E-state index contributed by atoms with van der Waals surface area (Å²) in [4.78, 5) is 4.47. The van der Waals surface area contributed by atoms with E-state index in [4.69, 9.17) is 28.9 Å². The third kappa shape index (κ3) is 2.44. The summed E-state index contributed by atoms with van der Waals surface area (Å²) in [6.45, 7) is 2.08. The maximum Gasteiger partial charge on any atom is 0.160 e. The lowest BCUT2D eigenvalue weighted by molar-refractivity contribution is 0.738. The van der Waals surface area contributed by atoms with Crippen LogP contribution in [0, 0.1) is 0 Å². The maximum absolute atomic E-state index is 6.02. The molecular weight excluding hydrogens is 271 g/mol. The van der Waals surface area contributed by atoms with E-state index in [0.717, 1.165) is 18.7 Å². The van der Waals surface area contributed by atoms with Crippen molar-refractivity contribution in [3.63, 3.8) is 0 Å². The Kier molecular flexibility index (Phi) is 3.78. The van der Waals surface area contributed by atoms with Crippen molar-refractivity contribution in [3.05, 3.63) is 28.0 Å². The molecule has 0 saturated carbocycles. The highest BCUT2D eigenvalue weighted by atomic mass is 35.5. The summed E-state index contributed by atoms with van der Waals surface area (Å²) in [5.74, 6) is 1.48. The van der Waals surface area contributed by atoms with Crippen molar-refractivity contribution in [2.24, 2.45) is 7.05 Å². The first-order chi connectivity index (χ1) is 8.52. The lowest BCUT2D eigenvalue weighted by Gasteiger charge is -2.07. The zero-order valence-corrected chi connectivity index (χ0v) is 11.8. The van der Waals surface area contributed by atoms with Crippen LogP contribution in [0.25, 0.3) is 11.4 Å². The summed E-state index contributed by atoms with van der Waals surface area (Å²) in [5, 5.41) is 5.30. The number of nitrogens with zero attached hydrogens (tertiary/aromatic N) is 3. The maximum atomic E-state index is 6.02. The second-order valence-electron chi connectivity index (χ2n) is 4.07. The van der Waals surface area contributed by atoms with E-state index in [-0.39, 0.29) is 0 Å². The molecule has 0 atom stereocenters. The molecule has 0 aliphatic heterocycles. The fraction of sp³-hybridized carbons (Fsp3) is 0.333. The Morgan fingerprint density at radius 3 is 2.72 bits per heavy atom. The van der Waals surface area contributed by atoms with E-state index in [1.54, 1.807) is 16.8 Å². The van der Waals surface area contributed by atoms with Crippen LogP contribution in [0.15, 0.2) is 12.1 Å². The summed E-state index contributed by atoms with van der Waals surface area (Å²) >= 11 is 12.0. The van der Waals surface area contributed by atoms with Crippen LogP contribution in [0.2, 0.25) is 10.0 Å². The van der Waals surface area contributed by atoms with Crippen molar-refractivity contribution >= 4 is 28.9 Å². The number of aromatic nitrogens is 3. The minimum atomic E-state index is 0.428. The number of hydrogen-bond acceptors (Lipinski definition) is 3. The van der Waals surface area contributed by atoms with Crippen LogP contribution < -0.4 is 5.73 Å². The fourth-order valence-corrected chi connectivity index (χ4v) is 2.26. The normalized spacial score (nSPS) is 10.9. The molecule has 18 heavy (non-hydrogen) atoms. The zero-order valence-electron chi connectivity index (χ0n) is 10.2. The summed E-state index contributed by atoms with van der Waals surface area (Å²) in [7, 11) is 1.83. The highest BCUT2D eigenvalue weighted by Crippen LogP contribution is 2.33. The molecule has 0 spiro atoms. The van der Waals surface area contributed by atoms with Crippen molar-refractivity contribution in [2.75, 3.05) is 5.73 Å².